The molecule has 2 nitrogen and oxygen atoms in total. The number of hydrogen-bond donors (Lipinski definition) is 0. The molecule has 94 valence electrons. The normalized spacial score (nSPS) is 24.8. The van der Waals surface area contributed by atoms with Gasteiger partial charge in [0, 0.05) is 9.30 Å². The first-order chi connectivity index (χ1) is 7.89. The third-order valence-electron chi connectivity index (χ3n) is 2.94. The van der Waals surface area contributed by atoms with Crippen LogP contribution in [0.1, 0.15) is 16.8 Å². The van der Waals surface area contributed by atoms with Crippen LogP contribution < -0.4 is 0 Å². The Kier molecular flexibility index (Phi) is 3.95. The highest BCUT2D eigenvalue weighted by atomic mass is 79.9. The predicted octanol–water partition coefficient (Wildman–Crippen LogP) is 3.46. The third-order valence-corrected chi connectivity index (χ3v) is 6.69. The van der Waals surface area contributed by atoms with E-state index in [0.717, 1.165) is 10.0 Å². The van der Waals surface area contributed by atoms with E-state index in [1.54, 1.807) is 6.07 Å². The fourth-order valence-electron chi connectivity index (χ4n) is 2.03. The van der Waals surface area contributed by atoms with Crippen molar-refractivity contribution in [2.75, 3.05) is 11.5 Å². The molecule has 0 spiro atoms. The van der Waals surface area contributed by atoms with Crippen LogP contribution >= 0.6 is 31.9 Å². The molecule has 1 heterocycles. The number of hydrogen-bond acceptors (Lipinski definition) is 2. The first-order valence-electron chi connectivity index (χ1n) is 5.18. The molecule has 0 radical (unpaired) electrons. The van der Waals surface area contributed by atoms with Gasteiger partial charge < -0.3 is 0 Å². The highest BCUT2D eigenvalue weighted by molar-refractivity contribution is 9.11. The molecule has 0 amide bonds. The van der Waals surface area contributed by atoms with Gasteiger partial charge in [-0.2, -0.15) is 0 Å². The van der Waals surface area contributed by atoms with Gasteiger partial charge in [-0.05, 0) is 36.1 Å². The summed E-state index contributed by atoms with van der Waals surface area (Å²) in [5.41, 5.74) is 0.770. The lowest BCUT2D eigenvalue weighted by molar-refractivity contribution is 0.573. The van der Waals surface area contributed by atoms with E-state index in [0.29, 0.717) is 6.42 Å². The smallest absolute Gasteiger partial charge is 0.150 e. The Bertz CT molecular complexity index is 530. The maximum absolute atomic E-state index is 13.2. The zero-order valence-electron chi connectivity index (χ0n) is 8.87. The number of rotatable bonds is 2. The average Bonchev–Trinajstić information content (AvgIpc) is 2.61. The molecule has 17 heavy (non-hydrogen) atoms. The van der Waals surface area contributed by atoms with Crippen molar-refractivity contribution in [1.29, 1.82) is 0 Å². The first-order valence-corrected chi connectivity index (χ1v) is 8.71. The lowest BCUT2D eigenvalue weighted by atomic mass is 9.99. The van der Waals surface area contributed by atoms with Crippen LogP contribution in [0.2, 0.25) is 0 Å². The van der Waals surface area contributed by atoms with Gasteiger partial charge in [-0.25, -0.2) is 12.8 Å². The van der Waals surface area contributed by atoms with Gasteiger partial charge in [0.05, 0.1) is 11.5 Å². The highest BCUT2D eigenvalue weighted by Crippen LogP contribution is 2.40. The molecule has 0 aromatic heterocycles. The molecule has 1 aliphatic rings. The Balaban J connectivity index is 2.26. The summed E-state index contributed by atoms with van der Waals surface area (Å²) >= 11 is 6.85. The van der Waals surface area contributed by atoms with Gasteiger partial charge in [-0.3, -0.25) is 0 Å². The van der Waals surface area contributed by atoms with E-state index < -0.39 is 9.84 Å². The SMILES string of the molecule is O=S1(=O)CCC(C(Br)c2cc(F)ccc2Br)C1. The molecule has 0 saturated carbocycles. The van der Waals surface area contributed by atoms with Crippen molar-refractivity contribution in [3.63, 3.8) is 0 Å². The minimum absolute atomic E-state index is 0.0121. The van der Waals surface area contributed by atoms with Crippen molar-refractivity contribution in [2.45, 2.75) is 11.2 Å². The maximum atomic E-state index is 13.2. The summed E-state index contributed by atoms with van der Waals surface area (Å²) in [5.74, 6) is 0.102. The van der Waals surface area contributed by atoms with Crippen LogP contribution in [0.5, 0.6) is 0 Å². The second kappa shape index (κ2) is 4.97. The zero-order valence-corrected chi connectivity index (χ0v) is 12.9. The third kappa shape index (κ3) is 3.09. The minimum atomic E-state index is -2.91. The van der Waals surface area contributed by atoms with E-state index in [4.69, 9.17) is 0 Å². The summed E-state index contributed by atoms with van der Waals surface area (Å²) in [6, 6.07) is 4.45. The minimum Gasteiger partial charge on any atom is -0.229 e. The number of halogens is 3. The zero-order chi connectivity index (χ0) is 12.6. The molecule has 1 aromatic carbocycles. The van der Waals surface area contributed by atoms with E-state index in [1.807, 2.05) is 0 Å². The van der Waals surface area contributed by atoms with Crippen LogP contribution in [-0.4, -0.2) is 19.9 Å². The molecule has 0 aliphatic carbocycles. The van der Waals surface area contributed by atoms with E-state index in [9.17, 15) is 12.8 Å². The molecular formula is C11H11Br2FO2S. The topological polar surface area (TPSA) is 34.1 Å². The highest BCUT2D eigenvalue weighted by Gasteiger charge is 2.34. The van der Waals surface area contributed by atoms with E-state index >= 15 is 0 Å². The monoisotopic (exact) mass is 384 g/mol. The molecule has 1 aliphatic heterocycles. The Morgan fingerprint density at radius 3 is 2.71 bits per heavy atom. The Labute approximate surface area is 117 Å². The predicted molar refractivity (Wildman–Crippen MR) is 72.5 cm³/mol. The van der Waals surface area contributed by atoms with E-state index in [1.165, 1.54) is 12.1 Å². The van der Waals surface area contributed by atoms with E-state index in [2.05, 4.69) is 31.9 Å². The Hall–Kier alpha value is 0.0600. The van der Waals surface area contributed by atoms with Gasteiger partial charge in [-0.1, -0.05) is 31.9 Å². The Morgan fingerprint density at radius 2 is 2.12 bits per heavy atom. The van der Waals surface area contributed by atoms with Crippen molar-refractivity contribution in [3.05, 3.63) is 34.1 Å². The quantitative estimate of drug-likeness (QED) is 0.730. The van der Waals surface area contributed by atoms with Crippen LogP contribution in [0, 0.1) is 11.7 Å². The van der Waals surface area contributed by atoms with Gasteiger partial charge in [0.25, 0.3) is 0 Å². The molecule has 1 aromatic rings. The number of benzene rings is 1. The molecule has 2 rings (SSSR count). The molecule has 1 saturated heterocycles. The summed E-state index contributed by atoms with van der Waals surface area (Å²) < 4.78 is 36.8. The van der Waals surface area contributed by atoms with Crippen LogP contribution in [0.3, 0.4) is 0 Å². The van der Waals surface area contributed by atoms with Crippen molar-refractivity contribution in [2.24, 2.45) is 5.92 Å². The fourth-order valence-corrected chi connectivity index (χ4v) is 5.75. The number of sulfone groups is 1. The summed E-state index contributed by atoms with van der Waals surface area (Å²) in [5, 5.41) is 0. The standard InChI is InChI=1S/C11H11Br2FO2S/c12-10-2-1-8(14)5-9(10)11(13)7-3-4-17(15,16)6-7/h1-2,5,7,11H,3-4,6H2. The first kappa shape index (κ1) is 13.5. The van der Waals surface area contributed by atoms with Crippen molar-refractivity contribution < 1.29 is 12.8 Å². The number of alkyl halides is 1. The largest absolute Gasteiger partial charge is 0.229 e. The summed E-state index contributed by atoms with van der Waals surface area (Å²) in [6.07, 6.45) is 0.626. The molecule has 0 bridgehead atoms. The van der Waals surface area contributed by atoms with Gasteiger partial charge >= 0.3 is 0 Å². The van der Waals surface area contributed by atoms with Crippen molar-refractivity contribution >= 4 is 41.7 Å². The molecule has 2 unspecified atom stereocenters. The second-order valence-electron chi connectivity index (χ2n) is 4.23. The average molecular weight is 386 g/mol. The molecule has 6 heteroatoms. The summed E-state index contributed by atoms with van der Waals surface area (Å²) in [4.78, 5) is -0.134. The molecule has 0 N–H and O–H groups in total. The molecular weight excluding hydrogens is 375 g/mol. The van der Waals surface area contributed by atoms with Crippen LogP contribution in [0.4, 0.5) is 4.39 Å². The van der Waals surface area contributed by atoms with Crippen molar-refractivity contribution in [1.82, 2.24) is 0 Å². The summed E-state index contributed by atoms with van der Waals surface area (Å²) in [7, 11) is -2.91. The van der Waals surface area contributed by atoms with Crippen LogP contribution in [-0.2, 0) is 9.84 Å². The van der Waals surface area contributed by atoms with Gasteiger partial charge in [0.1, 0.15) is 5.82 Å². The van der Waals surface area contributed by atoms with Crippen molar-refractivity contribution in [3.8, 4) is 0 Å². The Morgan fingerprint density at radius 1 is 1.41 bits per heavy atom. The second-order valence-corrected chi connectivity index (χ2v) is 8.30. The van der Waals surface area contributed by atoms with Gasteiger partial charge in [0.2, 0.25) is 0 Å². The van der Waals surface area contributed by atoms with Gasteiger partial charge in [0.15, 0.2) is 9.84 Å². The maximum Gasteiger partial charge on any atom is 0.150 e. The van der Waals surface area contributed by atoms with Crippen LogP contribution in [0.15, 0.2) is 22.7 Å². The van der Waals surface area contributed by atoms with Crippen LogP contribution in [0.25, 0.3) is 0 Å². The molecule has 2 atom stereocenters. The fraction of sp³-hybridized carbons (Fsp3) is 0.455. The summed E-state index contributed by atoms with van der Waals surface area (Å²) in [6.45, 7) is 0. The van der Waals surface area contributed by atoms with E-state index in [-0.39, 0.29) is 28.1 Å². The van der Waals surface area contributed by atoms with Gasteiger partial charge in [-0.15, -0.1) is 0 Å². The lowest BCUT2D eigenvalue weighted by Gasteiger charge is -2.17. The molecule has 1 fully saturated rings. The lowest BCUT2D eigenvalue weighted by Crippen LogP contribution is -2.10.